The highest BCUT2D eigenvalue weighted by Crippen LogP contribution is 2.42. The molecule has 0 heterocycles. The highest BCUT2D eigenvalue weighted by Gasteiger charge is 2.16. The van der Waals surface area contributed by atoms with E-state index in [2.05, 4.69) is 6.92 Å². The summed E-state index contributed by atoms with van der Waals surface area (Å²) in [5.74, 6) is 0. The minimum atomic E-state index is -1.17. The lowest BCUT2D eigenvalue weighted by Crippen LogP contribution is -2.07. The van der Waals surface area contributed by atoms with Gasteiger partial charge in [0.1, 0.15) is 0 Å². The molecule has 0 rings (SSSR count). The van der Waals surface area contributed by atoms with Crippen molar-refractivity contribution in [3.63, 3.8) is 0 Å². The molecule has 0 spiro atoms. The van der Waals surface area contributed by atoms with Gasteiger partial charge >= 0.3 is 8.60 Å². The lowest BCUT2D eigenvalue weighted by atomic mass is 10.1. The van der Waals surface area contributed by atoms with E-state index < -0.39 is 8.60 Å². The number of hydrogen-bond acceptors (Lipinski definition) is 3. The monoisotopic (exact) mass is 278 g/mol. The van der Waals surface area contributed by atoms with Crippen molar-refractivity contribution in [3.05, 3.63) is 0 Å². The molecule has 0 N–H and O–H groups in total. The first-order valence-corrected chi connectivity index (χ1v) is 8.42. The number of rotatable bonds is 12. The van der Waals surface area contributed by atoms with Gasteiger partial charge in [0, 0.05) is 0 Å². The number of hydrogen-bond donors (Lipinski definition) is 0. The third-order valence-electron chi connectivity index (χ3n) is 2.29. The molecule has 0 radical (unpaired) electrons. The SMILES string of the molecule is CCCCCCCCOP(OC(C)C)OC(C)C. The maximum Gasteiger partial charge on any atom is 0.333 e. The minimum absolute atomic E-state index is 0.152. The molecule has 0 amide bonds. The zero-order chi connectivity index (χ0) is 13.8. The summed E-state index contributed by atoms with van der Waals surface area (Å²) >= 11 is 0. The molecule has 0 fully saturated rings. The summed E-state index contributed by atoms with van der Waals surface area (Å²) in [5, 5.41) is 0. The standard InChI is InChI=1S/C14H31O3P/c1-6-7-8-9-10-11-12-15-18(16-13(2)3)17-14(4)5/h13-14H,6-12H2,1-5H3. The van der Waals surface area contributed by atoms with Gasteiger partial charge in [-0.15, -0.1) is 0 Å². The summed E-state index contributed by atoms with van der Waals surface area (Å²) in [6, 6.07) is 0. The van der Waals surface area contributed by atoms with Crippen LogP contribution < -0.4 is 0 Å². The third-order valence-corrected chi connectivity index (χ3v) is 3.87. The topological polar surface area (TPSA) is 27.7 Å². The van der Waals surface area contributed by atoms with Gasteiger partial charge in [-0.05, 0) is 34.1 Å². The van der Waals surface area contributed by atoms with Crippen molar-refractivity contribution < 1.29 is 13.6 Å². The van der Waals surface area contributed by atoms with Crippen LogP contribution in [-0.2, 0) is 13.6 Å². The van der Waals surface area contributed by atoms with E-state index in [0.717, 1.165) is 13.0 Å². The van der Waals surface area contributed by atoms with Crippen LogP contribution in [0.2, 0.25) is 0 Å². The van der Waals surface area contributed by atoms with Gasteiger partial charge in [0.05, 0.1) is 18.8 Å². The van der Waals surface area contributed by atoms with Crippen molar-refractivity contribution in [2.24, 2.45) is 0 Å². The van der Waals surface area contributed by atoms with Gasteiger partial charge in [-0.25, -0.2) is 0 Å². The molecule has 0 unspecified atom stereocenters. The molecule has 18 heavy (non-hydrogen) atoms. The first-order chi connectivity index (χ1) is 8.56. The van der Waals surface area contributed by atoms with E-state index >= 15 is 0 Å². The summed E-state index contributed by atoms with van der Waals surface area (Å²) in [5.41, 5.74) is 0. The maximum absolute atomic E-state index is 5.69. The van der Waals surface area contributed by atoms with Gasteiger partial charge < -0.3 is 13.6 Å². The van der Waals surface area contributed by atoms with Gasteiger partial charge in [0.2, 0.25) is 0 Å². The lowest BCUT2D eigenvalue weighted by molar-refractivity contribution is 0.111. The molecule has 110 valence electrons. The van der Waals surface area contributed by atoms with Crippen molar-refractivity contribution in [2.75, 3.05) is 6.61 Å². The van der Waals surface area contributed by atoms with E-state index in [9.17, 15) is 0 Å². The average molecular weight is 278 g/mol. The van der Waals surface area contributed by atoms with Crippen LogP contribution in [-0.4, -0.2) is 18.8 Å². The molecule has 4 heteroatoms. The van der Waals surface area contributed by atoms with Gasteiger partial charge in [0.15, 0.2) is 0 Å². The second kappa shape index (κ2) is 12.3. The van der Waals surface area contributed by atoms with Gasteiger partial charge in [-0.1, -0.05) is 39.0 Å². The van der Waals surface area contributed by atoms with Crippen LogP contribution in [0.3, 0.4) is 0 Å². The Balaban J connectivity index is 3.56. The molecule has 0 bridgehead atoms. The Labute approximate surface area is 115 Å². The zero-order valence-electron chi connectivity index (χ0n) is 12.8. The van der Waals surface area contributed by atoms with Crippen molar-refractivity contribution in [1.82, 2.24) is 0 Å². The third kappa shape index (κ3) is 12.8. The fourth-order valence-electron chi connectivity index (χ4n) is 1.45. The molecule has 0 atom stereocenters. The molecule has 0 saturated heterocycles. The molecule has 0 aliphatic rings. The summed E-state index contributed by atoms with van der Waals surface area (Å²) < 4.78 is 16.9. The second-order valence-corrected chi connectivity index (χ2v) is 6.26. The Kier molecular flexibility index (Phi) is 12.6. The lowest BCUT2D eigenvalue weighted by Gasteiger charge is -2.20. The molecule has 0 aromatic rings. The van der Waals surface area contributed by atoms with Gasteiger partial charge in [0.25, 0.3) is 0 Å². The minimum Gasteiger partial charge on any atom is -0.312 e. The van der Waals surface area contributed by atoms with Crippen LogP contribution in [0.25, 0.3) is 0 Å². The molecular formula is C14H31O3P. The number of unbranched alkanes of at least 4 members (excludes halogenated alkanes) is 5. The predicted molar refractivity (Wildman–Crippen MR) is 78.7 cm³/mol. The molecule has 3 nitrogen and oxygen atoms in total. The molecule has 0 saturated carbocycles. The summed E-state index contributed by atoms with van der Waals surface area (Å²) in [6.45, 7) is 11.0. The van der Waals surface area contributed by atoms with Gasteiger partial charge in [-0.2, -0.15) is 0 Å². The quantitative estimate of drug-likeness (QED) is 0.351. The molecule has 0 aliphatic heterocycles. The highest BCUT2D eigenvalue weighted by atomic mass is 31.2. The summed E-state index contributed by atoms with van der Waals surface area (Å²) in [4.78, 5) is 0. The molecule has 0 aromatic carbocycles. The van der Waals surface area contributed by atoms with E-state index in [0.29, 0.717) is 0 Å². The van der Waals surface area contributed by atoms with Crippen molar-refractivity contribution >= 4 is 8.60 Å². The summed E-state index contributed by atoms with van der Waals surface area (Å²) in [7, 11) is -1.17. The normalized spacial score (nSPS) is 12.0. The molecule has 0 aliphatic carbocycles. The summed E-state index contributed by atoms with van der Waals surface area (Å²) in [6.07, 6.45) is 7.95. The fourth-order valence-corrected chi connectivity index (χ4v) is 2.59. The average Bonchev–Trinajstić information content (AvgIpc) is 2.26. The van der Waals surface area contributed by atoms with Crippen molar-refractivity contribution in [1.29, 1.82) is 0 Å². The van der Waals surface area contributed by atoms with E-state index in [1.165, 1.54) is 32.1 Å². The highest BCUT2D eigenvalue weighted by molar-refractivity contribution is 7.41. The molecular weight excluding hydrogens is 247 g/mol. The Morgan fingerprint density at radius 3 is 1.78 bits per heavy atom. The van der Waals surface area contributed by atoms with Crippen LogP contribution in [0.5, 0.6) is 0 Å². The van der Waals surface area contributed by atoms with Crippen molar-refractivity contribution in [2.45, 2.75) is 85.4 Å². The van der Waals surface area contributed by atoms with Crippen LogP contribution in [0.1, 0.15) is 73.1 Å². The first-order valence-electron chi connectivity index (χ1n) is 7.32. The predicted octanol–water partition coefficient (Wildman–Crippen LogP) is 5.44. The van der Waals surface area contributed by atoms with E-state index in [-0.39, 0.29) is 12.2 Å². The van der Waals surface area contributed by atoms with E-state index in [4.69, 9.17) is 13.6 Å². The molecule has 0 aromatic heterocycles. The van der Waals surface area contributed by atoms with Crippen LogP contribution in [0, 0.1) is 0 Å². The Morgan fingerprint density at radius 2 is 1.28 bits per heavy atom. The van der Waals surface area contributed by atoms with Crippen LogP contribution in [0.15, 0.2) is 0 Å². The fraction of sp³-hybridized carbons (Fsp3) is 1.00. The Hall–Kier alpha value is 0.310. The van der Waals surface area contributed by atoms with Crippen molar-refractivity contribution in [3.8, 4) is 0 Å². The van der Waals surface area contributed by atoms with Crippen LogP contribution in [0.4, 0.5) is 0 Å². The zero-order valence-corrected chi connectivity index (χ0v) is 13.7. The second-order valence-electron chi connectivity index (χ2n) is 5.13. The maximum atomic E-state index is 5.69. The smallest absolute Gasteiger partial charge is 0.312 e. The first kappa shape index (κ1) is 18.3. The van der Waals surface area contributed by atoms with Gasteiger partial charge in [-0.3, -0.25) is 0 Å². The Morgan fingerprint density at radius 1 is 0.778 bits per heavy atom. The van der Waals surface area contributed by atoms with E-state index in [1.807, 2.05) is 27.7 Å². The van der Waals surface area contributed by atoms with E-state index in [1.54, 1.807) is 0 Å². The Bertz CT molecular complexity index is 164. The largest absolute Gasteiger partial charge is 0.333 e. The van der Waals surface area contributed by atoms with Crippen LogP contribution >= 0.6 is 8.60 Å².